The highest BCUT2D eigenvalue weighted by Gasteiger charge is 2.31. The second-order valence-electron chi connectivity index (χ2n) is 6.45. The molecule has 3 nitrogen and oxygen atoms in total. The summed E-state index contributed by atoms with van der Waals surface area (Å²) in [6.07, 6.45) is 10.9. The van der Waals surface area contributed by atoms with Gasteiger partial charge in [0.15, 0.2) is 0 Å². The lowest BCUT2D eigenvalue weighted by Gasteiger charge is -2.27. The van der Waals surface area contributed by atoms with Gasteiger partial charge < -0.3 is 15.7 Å². The first-order chi connectivity index (χ1) is 8.68. The Bertz CT molecular complexity index is 231. The first kappa shape index (κ1) is 14.3. The maximum Gasteiger partial charge on any atom is 0.0771 e. The fourth-order valence-corrected chi connectivity index (χ4v) is 3.39. The SMILES string of the molecule is CC(CC1CCCCCN1)NCC1(O)CCCC1. The highest BCUT2D eigenvalue weighted by molar-refractivity contribution is 4.87. The Morgan fingerprint density at radius 1 is 1.22 bits per heavy atom. The molecular formula is C15H30N2O. The van der Waals surface area contributed by atoms with E-state index < -0.39 is 5.60 Å². The van der Waals surface area contributed by atoms with Crippen molar-refractivity contribution in [1.29, 1.82) is 0 Å². The van der Waals surface area contributed by atoms with Gasteiger partial charge in [-0.1, -0.05) is 25.7 Å². The second kappa shape index (κ2) is 6.88. The Morgan fingerprint density at radius 3 is 2.78 bits per heavy atom. The first-order valence-electron chi connectivity index (χ1n) is 7.87. The zero-order valence-electron chi connectivity index (χ0n) is 11.9. The minimum Gasteiger partial charge on any atom is -0.389 e. The minimum atomic E-state index is -0.412. The molecule has 1 saturated carbocycles. The summed E-state index contributed by atoms with van der Waals surface area (Å²) in [5.74, 6) is 0. The molecule has 0 aromatic carbocycles. The van der Waals surface area contributed by atoms with E-state index in [4.69, 9.17) is 0 Å². The van der Waals surface area contributed by atoms with Gasteiger partial charge >= 0.3 is 0 Å². The Balaban J connectivity index is 1.66. The van der Waals surface area contributed by atoms with Gasteiger partial charge in [0.2, 0.25) is 0 Å². The van der Waals surface area contributed by atoms with Crippen molar-refractivity contribution in [3.05, 3.63) is 0 Å². The van der Waals surface area contributed by atoms with Gasteiger partial charge in [-0.05, 0) is 45.6 Å². The number of nitrogens with one attached hydrogen (secondary N) is 2. The maximum absolute atomic E-state index is 10.3. The summed E-state index contributed by atoms with van der Waals surface area (Å²) in [4.78, 5) is 0. The summed E-state index contributed by atoms with van der Waals surface area (Å²) in [6.45, 7) is 4.22. The van der Waals surface area contributed by atoms with Crippen LogP contribution in [0.25, 0.3) is 0 Å². The van der Waals surface area contributed by atoms with E-state index >= 15 is 0 Å². The molecule has 2 aliphatic rings. The topological polar surface area (TPSA) is 44.3 Å². The van der Waals surface area contributed by atoms with Crippen LogP contribution < -0.4 is 10.6 Å². The van der Waals surface area contributed by atoms with E-state index in [1.54, 1.807) is 0 Å². The van der Waals surface area contributed by atoms with E-state index in [0.29, 0.717) is 12.1 Å². The summed E-state index contributed by atoms with van der Waals surface area (Å²) in [5, 5.41) is 17.5. The number of rotatable bonds is 5. The molecule has 0 radical (unpaired) electrons. The molecule has 1 aliphatic carbocycles. The third-order valence-corrected chi connectivity index (χ3v) is 4.61. The summed E-state index contributed by atoms with van der Waals surface area (Å²) < 4.78 is 0. The van der Waals surface area contributed by atoms with Gasteiger partial charge in [-0.15, -0.1) is 0 Å². The molecule has 0 bridgehead atoms. The average Bonchev–Trinajstić information content (AvgIpc) is 2.62. The van der Waals surface area contributed by atoms with Crippen molar-refractivity contribution in [2.24, 2.45) is 0 Å². The molecule has 18 heavy (non-hydrogen) atoms. The van der Waals surface area contributed by atoms with Crippen LogP contribution in [0.15, 0.2) is 0 Å². The molecule has 1 aliphatic heterocycles. The lowest BCUT2D eigenvalue weighted by Crippen LogP contribution is -2.44. The van der Waals surface area contributed by atoms with Gasteiger partial charge in [0, 0.05) is 18.6 Å². The van der Waals surface area contributed by atoms with Crippen molar-refractivity contribution >= 4 is 0 Å². The van der Waals surface area contributed by atoms with E-state index in [9.17, 15) is 5.11 Å². The summed E-state index contributed by atoms with van der Waals surface area (Å²) in [6, 6.07) is 1.18. The van der Waals surface area contributed by atoms with Crippen LogP contribution in [0.4, 0.5) is 0 Å². The maximum atomic E-state index is 10.3. The van der Waals surface area contributed by atoms with Gasteiger partial charge in [0.25, 0.3) is 0 Å². The lowest BCUT2D eigenvalue weighted by atomic mass is 10.00. The zero-order chi connectivity index (χ0) is 12.8. The van der Waals surface area contributed by atoms with Crippen molar-refractivity contribution < 1.29 is 5.11 Å². The van der Waals surface area contributed by atoms with Crippen LogP contribution in [0.1, 0.15) is 64.7 Å². The molecule has 1 heterocycles. The molecule has 0 spiro atoms. The molecule has 0 amide bonds. The number of hydrogen-bond acceptors (Lipinski definition) is 3. The van der Waals surface area contributed by atoms with E-state index in [1.165, 1.54) is 51.5 Å². The molecule has 1 saturated heterocycles. The number of aliphatic hydroxyl groups is 1. The van der Waals surface area contributed by atoms with Gasteiger partial charge in [0.1, 0.15) is 0 Å². The van der Waals surface area contributed by atoms with E-state index in [-0.39, 0.29) is 0 Å². The Hall–Kier alpha value is -0.120. The summed E-state index contributed by atoms with van der Waals surface area (Å²) >= 11 is 0. The lowest BCUT2D eigenvalue weighted by molar-refractivity contribution is 0.0447. The monoisotopic (exact) mass is 254 g/mol. The third kappa shape index (κ3) is 4.52. The fourth-order valence-electron chi connectivity index (χ4n) is 3.39. The van der Waals surface area contributed by atoms with Gasteiger partial charge in [-0.2, -0.15) is 0 Å². The molecule has 0 aromatic rings. The zero-order valence-corrected chi connectivity index (χ0v) is 11.9. The first-order valence-corrected chi connectivity index (χ1v) is 7.87. The van der Waals surface area contributed by atoms with Crippen LogP contribution in [-0.4, -0.2) is 35.9 Å². The fraction of sp³-hybridized carbons (Fsp3) is 1.00. The van der Waals surface area contributed by atoms with E-state index in [1.807, 2.05) is 0 Å². The Morgan fingerprint density at radius 2 is 2.00 bits per heavy atom. The normalized spacial score (nSPS) is 30.0. The van der Waals surface area contributed by atoms with Crippen LogP contribution >= 0.6 is 0 Å². The molecule has 106 valence electrons. The van der Waals surface area contributed by atoms with Gasteiger partial charge in [0.05, 0.1) is 5.60 Å². The van der Waals surface area contributed by atoms with Gasteiger partial charge in [-0.25, -0.2) is 0 Å². The smallest absolute Gasteiger partial charge is 0.0771 e. The Kier molecular flexibility index (Phi) is 5.46. The predicted octanol–water partition coefficient (Wildman–Crippen LogP) is 2.19. The summed E-state index contributed by atoms with van der Waals surface area (Å²) in [5.41, 5.74) is -0.412. The Labute approximate surface area is 112 Å². The van der Waals surface area contributed by atoms with Crippen molar-refractivity contribution in [2.75, 3.05) is 13.1 Å². The van der Waals surface area contributed by atoms with Crippen molar-refractivity contribution in [1.82, 2.24) is 10.6 Å². The largest absolute Gasteiger partial charge is 0.389 e. The standard InChI is InChI=1S/C15H30N2O/c1-13(11-14-7-3-2-6-10-16-14)17-12-15(18)8-4-5-9-15/h13-14,16-18H,2-12H2,1H3. The molecular weight excluding hydrogens is 224 g/mol. The highest BCUT2D eigenvalue weighted by Crippen LogP contribution is 2.28. The second-order valence-corrected chi connectivity index (χ2v) is 6.45. The van der Waals surface area contributed by atoms with Crippen LogP contribution in [0, 0.1) is 0 Å². The highest BCUT2D eigenvalue weighted by atomic mass is 16.3. The summed E-state index contributed by atoms with van der Waals surface area (Å²) in [7, 11) is 0. The molecule has 3 heteroatoms. The molecule has 0 aromatic heterocycles. The number of hydrogen-bond donors (Lipinski definition) is 3. The van der Waals surface area contributed by atoms with E-state index in [0.717, 1.165) is 19.4 Å². The van der Waals surface area contributed by atoms with Crippen molar-refractivity contribution in [3.8, 4) is 0 Å². The van der Waals surface area contributed by atoms with Crippen LogP contribution in [0.2, 0.25) is 0 Å². The third-order valence-electron chi connectivity index (χ3n) is 4.61. The minimum absolute atomic E-state index is 0.412. The average molecular weight is 254 g/mol. The molecule has 2 fully saturated rings. The molecule has 2 rings (SSSR count). The van der Waals surface area contributed by atoms with Crippen LogP contribution in [0.3, 0.4) is 0 Å². The van der Waals surface area contributed by atoms with Gasteiger partial charge in [-0.3, -0.25) is 0 Å². The quantitative estimate of drug-likeness (QED) is 0.705. The van der Waals surface area contributed by atoms with Crippen LogP contribution in [-0.2, 0) is 0 Å². The van der Waals surface area contributed by atoms with Crippen LogP contribution in [0.5, 0.6) is 0 Å². The molecule has 2 unspecified atom stereocenters. The predicted molar refractivity (Wildman–Crippen MR) is 75.8 cm³/mol. The molecule has 2 atom stereocenters. The van der Waals surface area contributed by atoms with Crippen molar-refractivity contribution in [2.45, 2.75) is 82.4 Å². The molecule has 3 N–H and O–H groups in total. The van der Waals surface area contributed by atoms with Crippen molar-refractivity contribution in [3.63, 3.8) is 0 Å². The van der Waals surface area contributed by atoms with E-state index in [2.05, 4.69) is 17.6 Å².